The first kappa shape index (κ1) is 30.0. The lowest BCUT2D eigenvalue weighted by molar-refractivity contribution is -0.142. The highest BCUT2D eigenvalue weighted by Gasteiger charge is 2.43. The minimum Gasteiger partial charge on any atom is -0.347 e. The average Bonchev–Trinajstić information content (AvgIpc) is 3.56. The molecule has 2 rings (SSSR count). The van der Waals surface area contributed by atoms with Gasteiger partial charge in [-0.25, -0.2) is 4.79 Å². The van der Waals surface area contributed by atoms with Crippen LogP contribution in [-0.4, -0.2) is 78.0 Å². The van der Waals surface area contributed by atoms with E-state index in [1.807, 2.05) is 13.8 Å². The van der Waals surface area contributed by atoms with Gasteiger partial charge in [-0.15, -0.1) is 6.58 Å². The molecular weight excluding hydrogens is 478 g/mol. The summed E-state index contributed by atoms with van der Waals surface area (Å²) >= 11 is 0. The van der Waals surface area contributed by atoms with Crippen molar-refractivity contribution >= 4 is 35.3 Å². The van der Waals surface area contributed by atoms with Crippen molar-refractivity contribution in [1.29, 1.82) is 0 Å². The van der Waals surface area contributed by atoms with Gasteiger partial charge in [0.2, 0.25) is 17.6 Å². The molecule has 5 amide bonds. The van der Waals surface area contributed by atoms with Gasteiger partial charge in [0, 0.05) is 19.0 Å². The minimum absolute atomic E-state index is 0.00721. The van der Waals surface area contributed by atoms with Crippen molar-refractivity contribution in [2.45, 2.75) is 78.4 Å². The van der Waals surface area contributed by atoms with E-state index in [-0.39, 0.29) is 24.2 Å². The standard InChI is InChI=1S/C26H41N5O6/c1-7-12-27-23(35)18(32)14-28-22(34)17-9-8-13-31(17)24(36)21(26(4,5)6)30-25(37)29-19(15(2)3)20(33)16-10-11-16/h7,15-17,19,21H,1,8-14H2,2-6H3,(H,27,35)(H,28,34)(H2,29,30,37). The minimum atomic E-state index is -0.962. The van der Waals surface area contributed by atoms with Crippen LogP contribution in [0.25, 0.3) is 0 Å². The molecule has 2 aliphatic rings. The number of ketones is 2. The molecule has 1 aliphatic carbocycles. The molecule has 2 fully saturated rings. The molecule has 0 aromatic heterocycles. The van der Waals surface area contributed by atoms with E-state index in [2.05, 4.69) is 27.8 Å². The Morgan fingerprint density at radius 1 is 1.00 bits per heavy atom. The maximum Gasteiger partial charge on any atom is 0.316 e. The zero-order chi connectivity index (χ0) is 27.9. The first-order valence-electron chi connectivity index (χ1n) is 12.9. The molecule has 3 atom stereocenters. The molecular formula is C26H41N5O6. The van der Waals surface area contributed by atoms with Crippen molar-refractivity contribution in [2.75, 3.05) is 19.6 Å². The normalized spacial score (nSPS) is 19.0. The highest BCUT2D eigenvalue weighted by molar-refractivity contribution is 6.37. The van der Waals surface area contributed by atoms with Crippen LogP contribution < -0.4 is 21.3 Å². The second-order valence-corrected chi connectivity index (χ2v) is 11.1. The molecule has 37 heavy (non-hydrogen) atoms. The monoisotopic (exact) mass is 519 g/mol. The third-order valence-corrected chi connectivity index (χ3v) is 6.55. The number of Topliss-reactive ketones (excluding diaryl/α,β-unsaturated/α-hetero) is 2. The second-order valence-electron chi connectivity index (χ2n) is 11.1. The topological polar surface area (TPSA) is 154 Å². The zero-order valence-corrected chi connectivity index (χ0v) is 22.5. The van der Waals surface area contributed by atoms with Crippen LogP contribution >= 0.6 is 0 Å². The number of likely N-dealkylation sites (tertiary alicyclic amines) is 1. The van der Waals surface area contributed by atoms with Crippen molar-refractivity contribution in [2.24, 2.45) is 17.3 Å². The third kappa shape index (κ3) is 8.40. The van der Waals surface area contributed by atoms with Gasteiger partial charge in [0.25, 0.3) is 5.91 Å². The number of hydrogen-bond acceptors (Lipinski definition) is 6. The summed E-state index contributed by atoms with van der Waals surface area (Å²) in [5.41, 5.74) is -0.689. The van der Waals surface area contributed by atoms with Crippen molar-refractivity contribution in [3.05, 3.63) is 12.7 Å². The number of urea groups is 1. The van der Waals surface area contributed by atoms with Gasteiger partial charge in [0.05, 0.1) is 12.6 Å². The molecule has 3 unspecified atom stereocenters. The molecule has 0 bridgehead atoms. The van der Waals surface area contributed by atoms with E-state index in [0.29, 0.717) is 19.4 Å². The van der Waals surface area contributed by atoms with Gasteiger partial charge in [-0.2, -0.15) is 0 Å². The van der Waals surface area contributed by atoms with Gasteiger partial charge in [-0.05, 0) is 37.0 Å². The quantitative estimate of drug-likeness (QED) is 0.220. The number of nitrogens with one attached hydrogen (secondary N) is 4. The summed E-state index contributed by atoms with van der Waals surface area (Å²) < 4.78 is 0. The Bertz CT molecular complexity index is 921. The fourth-order valence-corrected chi connectivity index (χ4v) is 4.25. The van der Waals surface area contributed by atoms with Gasteiger partial charge in [0.1, 0.15) is 12.1 Å². The van der Waals surface area contributed by atoms with Crippen LogP contribution in [0, 0.1) is 17.3 Å². The molecule has 1 saturated heterocycles. The molecule has 1 saturated carbocycles. The first-order chi connectivity index (χ1) is 17.3. The summed E-state index contributed by atoms with van der Waals surface area (Å²) in [7, 11) is 0. The van der Waals surface area contributed by atoms with Crippen molar-refractivity contribution in [1.82, 2.24) is 26.2 Å². The lowest BCUT2D eigenvalue weighted by atomic mass is 9.85. The molecule has 0 spiro atoms. The van der Waals surface area contributed by atoms with Crippen molar-refractivity contribution < 1.29 is 28.8 Å². The van der Waals surface area contributed by atoms with Crippen LogP contribution in [0.1, 0.15) is 60.3 Å². The van der Waals surface area contributed by atoms with Crippen LogP contribution in [-0.2, 0) is 24.0 Å². The van der Waals surface area contributed by atoms with E-state index in [1.165, 1.54) is 11.0 Å². The molecule has 11 heteroatoms. The number of amides is 5. The fourth-order valence-electron chi connectivity index (χ4n) is 4.25. The molecule has 1 heterocycles. The maximum absolute atomic E-state index is 13.6. The highest BCUT2D eigenvalue weighted by atomic mass is 16.2. The molecule has 0 aromatic carbocycles. The second kappa shape index (κ2) is 12.8. The summed E-state index contributed by atoms with van der Waals surface area (Å²) in [6.07, 6.45) is 4.06. The van der Waals surface area contributed by atoms with Gasteiger partial charge < -0.3 is 26.2 Å². The molecule has 0 radical (unpaired) electrons. The fraction of sp³-hybridized carbons (Fsp3) is 0.692. The molecule has 4 N–H and O–H groups in total. The van der Waals surface area contributed by atoms with E-state index in [1.54, 1.807) is 20.8 Å². The Morgan fingerprint density at radius 2 is 1.65 bits per heavy atom. The Labute approximate surface area is 218 Å². The summed E-state index contributed by atoms with van der Waals surface area (Å²) in [5.74, 6) is -2.72. The van der Waals surface area contributed by atoms with Crippen LogP contribution in [0.4, 0.5) is 4.79 Å². The summed E-state index contributed by atoms with van der Waals surface area (Å²) in [6.45, 7) is 12.5. The van der Waals surface area contributed by atoms with E-state index in [0.717, 1.165) is 12.8 Å². The van der Waals surface area contributed by atoms with Gasteiger partial charge in [-0.3, -0.25) is 24.0 Å². The number of carbonyl (C=O) groups is 6. The van der Waals surface area contributed by atoms with Crippen molar-refractivity contribution in [3.8, 4) is 0 Å². The van der Waals surface area contributed by atoms with Crippen LogP contribution in [0.5, 0.6) is 0 Å². The first-order valence-corrected chi connectivity index (χ1v) is 12.9. The number of nitrogens with zero attached hydrogens (tertiary/aromatic N) is 1. The largest absolute Gasteiger partial charge is 0.347 e. The van der Waals surface area contributed by atoms with Crippen LogP contribution in [0.15, 0.2) is 12.7 Å². The highest BCUT2D eigenvalue weighted by Crippen LogP contribution is 2.32. The number of rotatable bonds is 12. The zero-order valence-electron chi connectivity index (χ0n) is 22.5. The van der Waals surface area contributed by atoms with Crippen LogP contribution in [0.2, 0.25) is 0 Å². The lowest BCUT2D eigenvalue weighted by Crippen LogP contribution is -2.60. The molecule has 206 valence electrons. The SMILES string of the molecule is C=CCNC(=O)C(=O)CNC(=O)C1CCCN1C(=O)C(NC(=O)NC(C(=O)C1CC1)C(C)C)C(C)(C)C. The molecule has 1 aliphatic heterocycles. The molecule has 0 aromatic rings. The van der Waals surface area contributed by atoms with Crippen molar-refractivity contribution in [3.63, 3.8) is 0 Å². The summed E-state index contributed by atoms with van der Waals surface area (Å²) in [6, 6.07) is -3.05. The number of hydrogen-bond donors (Lipinski definition) is 4. The Balaban J connectivity index is 2.05. The smallest absolute Gasteiger partial charge is 0.316 e. The van der Waals surface area contributed by atoms with Crippen LogP contribution in [0.3, 0.4) is 0 Å². The van der Waals surface area contributed by atoms with Gasteiger partial charge in [-0.1, -0.05) is 40.7 Å². The predicted molar refractivity (Wildman–Crippen MR) is 137 cm³/mol. The third-order valence-electron chi connectivity index (χ3n) is 6.55. The Hall–Kier alpha value is -3.24. The Morgan fingerprint density at radius 3 is 2.19 bits per heavy atom. The molecule has 11 nitrogen and oxygen atoms in total. The average molecular weight is 520 g/mol. The van der Waals surface area contributed by atoms with E-state index >= 15 is 0 Å². The summed E-state index contributed by atoms with van der Waals surface area (Å²) in [5, 5.41) is 10.3. The summed E-state index contributed by atoms with van der Waals surface area (Å²) in [4.78, 5) is 77.0. The Kier molecular flexibility index (Phi) is 10.4. The lowest BCUT2D eigenvalue weighted by Gasteiger charge is -2.35. The predicted octanol–water partition coefficient (Wildman–Crippen LogP) is 0.683. The van der Waals surface area contributed by atoms with E-state index in [4.69, 9.17) is 0 Å². The van der Waals surface area contributed by atoms with E-state index in [9.17, 15) is 28.8 Å². The van der Waals surface area contributed by atoms with Gasteiger partial charge >= 0.3 is 6.03 Å². The number of carbonyl (C=O) groups excluding carboxylic acids is 6. The maximum atomic E-state index is 13.6. The van der Waals surface area contributed by atoms with Gasteiger partial charge in [0.15, 0.2) is 5.78 Å². The van der Waals surface area contributed by atoms with E-state index < -0.39 is 59.6 Å².